The number of hydrogen-bond donors (Lipinski definition) is 0. The van der Waals surface area contributed by atoms with Crippen LogP contribution < -0.4 is 0 Å². The van der Waals surface area contributed by atoms with E-state index in [9.17, 15) is 13.6 Å². The number of nitrogens with zero attached hydrogens (tertiary/aromatic N) is 1. The van der Waals surface area contributed by atoms with Crippen LogP contribution in [0.3, 0.4) is 0 Å². The van der Waals surface area contributed by atoms with E-state index in [0.29, 0.717) is 26.3 Å². The van der Waals surface area contributed by atoms with Crippen LogP contribution in [0.4, 0.5) is 8.78 Å². The summed E-state index contributed by atoms with van der Waals surface area (Å²) in [5.74, 6) is -2.35. The largest absolute Gasteiger partial charge is 0.378 e. The van der Waals surface area contributed by atoms with E-state index < -0.39 is 23.1 Å². The SMILES string of the molecule is C=Cc1ccc(F)c(C(=O)N2CCOCC2)c1F. The van der Waals surface area contributed by atoms with Gasteiger partial charge in [-0.3, -0.25) is 4.79 Å². The summed E-state index contributed by atoms with van der Waals surface area (Å²) in [7, 11) is 0. The molecule has 5 heteroatoms. The second-order valence-corrected chi connectivity index (χ2v) is 3.93. The Morgan fingerprint density at radius 2 is 2.00 bits per heavy atom. The van der Waals surface area contributed by atoms with Crippen molar-refractivity contribution in [1.82, 2.24) is 4.90 Å². The molecule has 0 N–H and O–H groups in total. The van der Waals surface area contributed by atoms with E-state index in [1.54, 1.807) is 0 Å². The van der Waals surface area contributed by atoms with Crippen molar-refractivity contribution in [3.8, 4) is 0 Å². The Labute approximate surface area is 104 Å². The van der Waals surface area contributed by atoms with Crippen LogP contribution in [-0.4, -0.2) is 37.1 Å². The van der Waals surface area contributed by atoms with Crippen LogP contribution in [0.2, 0.25) is 0 Å². The van der Waals surface area contributed by atoms with E-state index >= 15 is 0 Å². The van der Waals surface area contributed by atoms with Gasteiger partial charge in [0.05, 0.1) is 13.2 Å². The maximum atomic E-state index is 13.9. The quantitative estimate of drug-likeness (QED) is 0.807. The van der Waals surface area contributed by atoms with Gasteiger partial charge in [0.25, 0.3) is 5.91 Å². The number of benzene rings is 1. The molecule has 0 aliphatic carbocycles. The average molecular weight is 253 g/mol. The van der Waals surface area contributed by atoms with Gasteiger partial charge in [-0.25, -0.2) is 8.78 Å². The molecule has 18 heavy (non-hydrogen) atoms. The average Bonchev–Trinajstić information content (AvgIpc) is 2.40. The Bertz CT molecular complexity index is 482. The highest BCUT2D eigenvalue weighted by Gasteiger charge is 2.25. The van der Waals surface area contributed by atoms with Crippen molar-refractivity contribution in [3.05, 3.63) is 41.5 Å². The molecule has 96 valence electrons. The zero-order valence-corrected chi connectivity index (χ0v) is 9.79. The third kappa shape index (κ3) is 2.26. The number of amides is 1. The first-order valence-corrected chi connectivity index (χ1v) is 5.62. The zero-order valence-electron chi connectivity index (χ0n) is 9.79. The molecule has 0 spiro atoms. The molecule has 1 aromatic rings. The van der Waals surface area contributed by atoms with Gasteiger partial charge in [0.15, 0.2) is 0 Å². The van der Waals surface area contributed by atoms with E-state index in [4.69, 9.17) is 4.74 Å². The molecule has 1 aliphatic heterocycles. The Morgan fingerprint density at radius 3 is 2.61 bits per heavy atom. The minimum absolute atomic E-state index is 0.119. The predicted molar refractivity (Wildman–Crippen MR) is 63.2 cm³/mol. The summed E-state index contributed by atoms with van der Waals surface area (Å²) >= 11 is 0. The summed E-state index contributed by atoms with van der Waals surface area (Å²) < 4.78 is 32.7. The number of carbonyl (C=O) groups excluding carboxylic acids is 1. The second kappa shape index (κ2) is 5.27. The highest BCUT2D eigenvalue weighted by molar-refractivity contribution is 5.95. The lowest BCUT2D eigenvalue weighted by molar-refractivity contribution is 0.0296. The summed E-state index contributed by atoms with van der Waals surface area (Å²) in [6.45, 7) is 4.88. The molecule has 0 unspecified atom stereocenters. The third-order valence-corrected chi connectivity index (χ3v) is 2.85. The first-order valence-electron chi connectivity index (χ1n) is 5.62. The molecular weight excluding hydrogens is 240 g/mol. The number of ether oxygens (including phenoxy) is 1. The van der Waals surface area contributed by atoms with Crippen LogP contribution in [0.5, 0.6) is 0 Å². The second-order valence-electron chi connectivity index (χ2n) is 3.93. The van der Waals surface area contributed by atoms with Crippen LogP contribution in [-0.2, 0) is 4.74 Å². The molecule has 1 aromatic carbocycles. The lowest BCUT2D eigenvalue weighted by Gasteiger charge is -2.27. The predicted octanol–water partition coefficient (Wildman–Crippen LogP) is 2.08. The summed E-state index contributed by atoms with van der Waals surface area (Å²) in [5, 5.41) is 0. The highest BCUT2D eigenvalue weighted by atomic mass is 19.1. The molecular formula is C13H13F2NO2. The van der Waals surface area contributed by atoms with Crippen molar-refractivity contribution in [2.75, 3.05) is 26.3 Å². The summed E-state index contributed by atoms with van der Waals surface area (Å²) in [6.07, 6.45) is 1.25. The maximum absolute atomic E-state index is 13.9. The van der Waals surface area contributed by atoms with Crippen molar-refractivity contribution in [1.29, 1.82) is 0 Å². The first kappa shape index (κ1) is 12.7. The van der Waals surface area contributed by atoms with Crippen LogP contribution in [0, 0.1) is 11.6 Å². The van der Waals surface area contributed by atoms with Crippen molar-refractivity contribution >= 4 is 12.0 Å². The fourth-order valence-corrected chi connectivity index (χ4v) is 1.85. The number of morpholine rings is 1. The molecule has 3 nitrogen and oxygen atoms in total. The Balaban J connectivity index is 2.37. The van der Waals surface area contributed by atoms with Gasteiger partial charge in [0.2, 0.25) is 0 Å². The topological polar surface area (TPSA) is 29.5 Å². The van der Waals surface area contributed by atoms with Crippen molar-refractivity contribution in [2.24, 2.45) is 0 Å². The van der Waals surface area contributed by atoms with Gasteiger partial charge >= 0.3 is 0 Å². The van der Waals surface area contributed by atoms with Gasteiger partial charge in [-0.15, -0.1) is 0 Å². The van der Waals surface area contributed by atoms with Crippen molar-refractivity contribution in [2.45, 2.75) is 0 Å². The molecule has 1 heterocycles. The van der Waals surface area contributed by atoms with Gasteiger partial charge in [-0.1, -0.05) is 12.7 Å². The van der Waals surface area contributed by atoms with Crippen LogP contribution in [0.15, 0.2) is 18.7 Å². The maximum Gasteiger partial charge on any atom is 0.260 e. The number of carbonyl (C=O) groups is 1. The fourth-order valence-electron chi connectivity index (χ4n) is 1.85. The van der Waals surface area contributed by atoms with Crippen molar-refractivity contribution in [3.63, 3.8) is 0 Å². The van der Waals surface area contributed by atoms with Gasteiger partial charge in [-0.2, -0.15) is 0 Å². The molecule has 0 bridgehead atoms. The van der Waals surface area contributed by atoms with E-state index in [1.807, 2.05) is 0 Å². The number of hydrogen-bond acceptors (Lipinski definition) is 2. The third-order valence-electron chi connectivity index (χ3n) is 2.85. The monoisotopic (exact) mass is 253 g/mol. The van der Waals surface area contributed by atoms with Gasteiger partial charge in [0, 0.05) is 18.7 Å². The summed E-state index contributed by atoms with van der Waals surface area (Å²) in [4.78, 5) is 13.5. The fraction of sp³-hybridized carbons (Fsp3) is 0.308. The summed E-state index contributed by atoms with van der Waals surface area (Å²) in [5.41, 5.74) is -0.401. The molecule has 0 saturated carbocycles. The lowest BCUT2D eigenvalue weighted by Crippen LogP contribution is -2.41. The Kier molecular flexibility index (Phi) is 3.72. The molecule has 0 atom stereocenters. The van der Waals surface area contributed by atoms with E-state index in [0.717, 1.165) is 6.07 Å². The zero-order chi connectivity index (χ0) is 13.1. The molecule has 0 radical (unpaired) electrons. The number of halogens is 2. The standard InChI is InChI=1S/C13H13F2NO2/c1-2-9-3-4-10(14)11(12(9)15)13(17)16-5-7-18-8-6-16/h2-4H,1,5-8H2. The first-order chi connectivity index (χ1) is 8.65. The van der Waals surface area contributed by atoms with Gasteiger partial charge in [0.1, 0.15) is 17.2 Å². The van der Waals surface area contributed by atoms with E-state index in [-0.39, 0.29) is 5.56 Å². The van der Waals surface area contributed by atoms with Crippen molar-refractivity contribution < 1.29 is 18.3 Å². The molecule has 1 aliphatic rings. The minimum Gasteiger partial charge on any atom is -0.378 e. The molecule has 1 saturated heterocycles. The smallest absolute Gasteiger partial charge is 0.260 e. The van der Waals surface area contributed by atoms with Crippen LogP contribution in [0.1, 0.15) is 15.9 Å². The molecule has 0 aromatic heterocycles. The van der Waals surface area contributed by atoms with Gasteiger partial charge in [-0.05, 0) is 12.1 Å². The highest BCUT2D eigenvalue weighted by Crippen LogP contribution is 2.20. The summed E-state index contributed by atoms with van der Waals surface area (Å²) in [6, 6.07) is 2.33. The van der Waals surface area contributed by atoms with E-state index in [1.165, 1.54) is 17.0 Å². The lowest BCUT2D eigenvalue weighted by atomic mass is 10.1. The Morgan fingerprint density at radius 1 is 1.33 bits per heavy atom. The van der Waals surface area contributed by atoms with Gasteiger partial charge < -0.3 is 9.64 Å². The van der Waals surface area contributed by atoms with E-state index in [2.05, 4.69) is 6.58 Å². The molecule has 2 rings (SSSR count). The normalized spacial score (nSPS) is 15.6. The molecule has 1 amide bonds. The number of rotatable bonds is 2. The Hall–Kier alpha value is -1.75. The van der Waals surface area contributed by atoms with Crippen LogP contribution >= 0.6 is 0 Å². The van der Waals surface area contributed by atoms with Crippen LogP contribution in [0.25, 0.3) is 6.08 Å². The minimum atomic E-state index is -0.860. The molecule has 1 fully saturated rings.